The van der Waals surface area contributed by atoms with Gasteiger partial charge in [0.2, 0.25) is 0 Å². The molecule has 0 aliphatic heterocycles. The van der Waals surface area contributed by atoms with Crippen LogP contribution in [0.1, 0.15) is 11.1 Å². The molecule has 0 aliphatic carbocycles. The van der Waals surface area contributed by atoms with Crippen molar-refractivity contribution in [3.05, 3.63) is 266 Å². The summed E-state index contributed by atoms with van der Waals surface area (Å²) < 4.78 is 0. The van der Waals surface area contributed by atoms with Gasteiger partial charge in [-0.1, -0.05) is 182 Å². The van der Waals surface area contributed by atoms with Gasteiger partial charge in [0, 0.05) is 22.7 Å². The van der Waals surface area contributed by atoms with Gasteiger partial charge < -0.3 is 9.80 Å². The van der Waals surface area contributed by atoms with Crippen LogP contribution in [0.3, 0.4) is 0 Å². The lowest BCUT2D eigenvalue weighted by Gasteiger charge is -2.30. The van der Waals surface area contributed by atoms with Gasteiger partial charge in [0.1, 0.15) is 0 Å². The zero-order chi connectivity index (χ0) is 45.6. The summed E-state index contributed by atoms with van der Waals surface area (Å²) in [7, 11) is 0. The minimum atomic E-state index is 1.11. The number of rotatable bonds is 10. The van der Waals surface area contributed by atoms with E-state index in [1.54, 1.807) is 0 Å². The summed E-state index contributed by atoms with van der Waals surface area (Å²) in [6.07, 6.45) is 0. The third-order valence-electron chi connectivity index (χ3n) is 13.7. The molecular formula is C66H48N2. The van der Waals surface area contributed by atoms with Crippen LogP contribution in [0.15, 0.2) is 255 Å². The molecule has 0 bridgehead atoms. The first-order valence-corrected chi connectivity index (χ1v) is 23.5. The Morgan fingerprint density at radius 2 is 0.515 bits per heavy atom. The van der Waals surface area contributed by atoms with Crippen LogP contribution >= 0.6 is 0 Å². The van der Waals surface area contributed by atoms with Crippen molar-refractivity contribution in [2.45, 2.75) is 13.8 Å². The van der Waals surface area contributed by atoms with E-state index in [4.69, 9.17) is 0 Å². The first kappa shape index (κ1) is 40.8. The van der Waals surface area contributed by atoms with Gasteiger partial charge in [-0.3, -0.25) is 0 Å². The fraction of sp³-hybridized carbons (Fsp3) is 0.0303. The Morgan fingerprint density at radius 3 is 0.824 bits per heavy atom. The van der Waals surface area contributed by atoms with Crippen LogP contribution in [0.5, 0.6) is 0 Å². The van der Waals surface area contributed by atoms with E-state index < -0.39 is 0 Å². The highest BCUT2D eigenvalue weighted by Gasteiger charge is 2.23. The molecule has 0 saturated heterocycles. The molecule has 0 heterocycles. The van der Waals surface area contributed by atoms with Crippen LogP contribution in [0, 0.1) is 13.8 Å². The van der Waals surface area contributed by atoms with Crippen molar-refractivity contribution in [1.82, 2.24) is 0 Å². The molecule has 0 aromatic heterocycles. The summed E-state index contributed by atoms with van der Waals surface area (Å²) in [5, 5.41) is 7.41. The quantitative estimate of drug-likeness (QED) is 0.126. The number of anilines is 6. The maximum absolute atomic E-state index is 2.45. The van der Waals surface area contributed by atoms with Crippen LogP contribution in [-0.4, -0.2) is 0 Å². The molecule has 0 atom stereocenters. The fourth-order valence-electron chi connectivity index (χ4n) is 10.4. The second kappa shape index (κ2) is 17.3. The van der Waals surface area contributed by atoms with Crippen molar-refractivity contribution < 1.29 is 0 Å². The van der Waals surface area contributed by atoms with Crippen LogP contribution in [-0.2, 0) is 0 Å². The Bertz CT molecular complexity index is 3400. The Morgan fingerprint density at radius 1 is 0.235 bits per heavy atom. The molecule has 12 aromatic carbocycles. The molecule has 0 unspecified atom stereocenters. The first-order chi connectivity index (χ1) is 33.6. The van der Waals surface area contributed by atoms with E-state index in [1.807, 2.05) is 0 Å². The molecule has 0 aliphatic rings. The molecule has 0 saturated carbocycles. The molecule has 2 heteroatoms. The second-order valence-electron chi connectivity index (χ2n) is 17.8. The van der Waals surface area contributed by atoms with E-state index in [2.05, 4.69) is 278 Å². The molecule has 0 fully saturated rings. The lowest BCUT2D eigenvalue weighted by molar-refractivity contribution is 1.26. The third kappa shape index (κ3) is 7.33. The van der Waals surface area contributed by atoms with Gasteiger partial charge in [-0.25, -0.2) is 0 Å². The lowest BCUT2D eigenvalue weighted by Crippen LogP contribution is -2.12. The van der Waals surface area contributed by atoms with E-state index in [9.17, 15) is 0 Å². The number of para-hydroxylation sites is 2. The molecule has 0 amide bonds. The van der Waals surface area contributed by atoms with Gasteiger partial charge >= 0.3 is 0 Å². The first-order valence-electron chi connectivity index (χ1n) is 23.5. The Kier molecular flexibility index (Phi) is 10.3. The summed E-state index contributed by atoms with van der Waals surface area (Å²) in [6.45, 7) is 4.54. The highest BCUT2D eigenvalue weighted by atomic mass is 15.2. The monoisotopic (exact) mass is 868 g/mol. The highest BCUT2D eigenvalue weighted by Crippen LogP contribution is 2.48. The Balaban J connectivity index is 1.04. The SMILES string of the molecule is Cc1c(-c2ccccc2)cc(-c2ccccc2)cc1N(c1ccccc1)c1cc2ccc3cc(N(c4ccccc4)c4cc(-c5ccccc5)cc(-c5ccccc5)c4C)cc4ccc(c1)c2c34. The van der Waals surface area contributed by atoms with Gasteiger partial charge in [0.15, 0.2) is 0 Å². The molecule has 0 radical (unpaired) electrons. The average Bonchev–Trinajstić information content (AvgIpc) is 3.40. The molecule has 0 N–H and O–H groups in total. The maximum atomic E-state index is 2.45. The summed E-state index contributed by atoms with van der Waals surface area (Å²) in [6, 6.07) is 93.0. The van der Waals surface area contributed by atoms with Gasteiger partial charge in [0.25, 0.3) is 0 Å². The second-order valence-corrected chi connectivity index (χ2v) is 17.8. The molecule has 12 rings (SSSR count). The molecule has 2 nitrogen and oxygen atoms in total. The zero-order valence-electron chi connectivity index (χ0n) is 38.1. The molecule has 0 spiro atoms. The van der Waals surface area contributed by atoms with Crippen LogP contribution < -0.4 is 9.80 Å². The van der Waals surface area contributed by atoms with Crippen LogP contribution in [0.2, 0.25) is 0 Å². The van der Waals surface area contributed by atoms with E-state index in [1.165, 1.54) is 88.0 Å². The third-order valence-corrected chi connectivity index (χ3v) is 13.7. The summed E-state index contributed by atoms with van der Waals surface area (Å²) in [5.41, 5.74) is 18.8. The normalized spacial score (nSPS) is 11.4. The number of nitrogens with zero attached hydrogens (tertiary/aromatic N) is 2. The van der Waals surface area contributed by atoms with Crippen molar-refractivity contribution in [1.29, 1.82) is 0 Å². The van der Waals surface area contributed by atoms with E-state index in [0.717, 1.165) is 34.1 Å². The Hall–Kier alpha value is -8.72. The van der Waals surface area contributed by atoms with Crippen molar-refractivity contribution in [2.75, 3.05) is 9.80 Å². The van der Waals surface area contributed by atoms with Crippen molar-refractivity contribution in [3.8, 4) is 44.5 Å². The summed E-state index contributed by atoms with van der Waals surface area (Å²) >= 11 is 0. The van der Waals surface area contributed by atoms with E-state index >= 15 is 0 Å². The minimum Gasteiger partial charge on any atom is -0.310 e. The number of hydrogen-bond donors (Lipinski definition) is 0. The standard InChI is InChI=1S/C66H48N2/c1-45-61(49-25-13-5-14-26-49)41-55(47-21-9-3-10-22-47)43-63(45)67(57-29-17-7-18-30-57)59-37-51-33-35-53-39-60(40-54-36-34-52(38-59)65(51)66(53)54)68(58-31-19-8-20-32-58)64-44-56(48-23-11-4-12-24-48)42-62(46(64)2)50-27-15-6-16-28-50/h3-44H,1-2H3. The smallest absolute Gasteiger partial charge is 0.0503 e. The topological polar surface area (TPSA) is 6.48 Å². The highest BCUT2D eigenvalue weighted by molar-refractivity contribution is 6.25. The molecule has 12 aromatic rings. The average molecular weight is 869 g/mol. The van der Waals surface area contributed by atoms with Crippen molar-refractivity contribution >= 4 is 66.4 Å². The van der Waals surface area contributed by atoms with Crippen molar-refractivity contribution in [3.63, 3.8) is 0 Å². The maximum Gasteiger partial charge on any atom is 0.0503 e. The summed E-state index contributed by atoms with van der Waals surface area (Å²) in [5.74, 6) is 0. The predicted octanol–water partition coefficient (Wildman–Crippen LogP) is 18.8. The van der Waals surface area contributed by atoms with Gasteiger partial charge in [-0.05, 0) is 175 Å². The predicted molar refractivity (Wildman–Crippen MR) is 291 cm³/mol. The molecule has 322 valence electrons. The largest absolute Gasteiger partial charge is 0.310 e. The van der Waals surface area contributed by atoms with Gasteiger partial charge in [0.05, 0.1) is 11.4 Å². The Labute approximate surface area is 398 Å². The van der Waals surface area contributed by atoms with Crippen LogP contribution in [0.4, 0.5) is 34.1 Å². The molecule has 68 heavy (non-hydrogen) atoms. The summed E-state index contributed by atoms with van der Waals surface area (Å²) in [4.78, 5) is 4.91. The van der Waals surface area contributed by atoms with Crippen molar-refractivity contribution in [2.24, 2.45) is 0 Å². The minimum absolute atomic E-state index is 1.11. The molecular weight excluding hydrogens is 821 g/mol. The van der Waals surface area contributed by atoms with Gasteiger partial charge in [-0.2, -0.15) is 0 Å². The van der Waals surface area contributed by atoms with E-state index in [0.29, 0.717) is 0 Å². The van der Waals surface area contributed by atoms with E-state index in [-0.39, 0.29) is 0 Å². The number of benzene rings is 12. The zero-order valence-corrected chi connectivity index (χ0v) is 38.1. The van der Waals surface area contributed by atoms with Crippen LogP contribution in [0.25, 0.3) is 76.8 Å². The fourth-order valence-corrected chi connectivity index (χ4v) is 10.4. The lowest BCUT2D eigenvalue weighted by atomic mass is 9.91. The van der Waals surface area contributed by atoms with Gasteiger partial charge in [-0.15, -0.1) is 0 Å². The number of hydrogen-bond acceptors (Lipinski definition) is 2.